The molecule has 1 fully saturated rings. The highest BCUT2D eigenvalue weighted by molar-refractivity contribution is 5.80. The van der Waals surface area contributed by atoms with E-state index in [-0.39, 0.29) is 11.8 Å². The van der Waals surface area contributed by atoms with Crippen LogP contribution < -0.4 is 19.7 Å². The van der Waals surface area contributed by atoms with E-state index in [0.29, 0.717) is 18.0 Å². The zero-order valence-corrected chi connectivity index (χ0v) is 21.8. The van der Waals surface area contributed by atoms with E-state index in [0.717, 1.165) is 54.1 Å². The Balaban J connectivity index is 1.24. The fourth-order valence-electron chi connectivity index (χ4n) is 5.06. The van der Waals surface area contributed by atoms with Crippen molar-refractivity contribution >= 4 is 17.2 Å². The summed E-state index contributed by atoms with van der Waals surface area (Å²) >= 11 is 0. The molecule has 0 bridgehead atoms. The van der Waals surface area contributed by atoms with E-state index in [2.05, 4.69) is 48.3 Å². The molecule has 1 N–H and O–H groups in total. The second-order valence-electron chi connectivity index (χ2n) is 9.60. The van der Waals surface area contributed by atoms with Gasteiger partial charge in [0.1, 0.15) is 5.52 Å². The molecule has 2 aromatic heterocycles. The number of amides is 1. The summed E-state index contributed by atoms with van der Waals surface area (Å²) in [5, 5.41) is 7.91. The third kappa shape index (κ3) is 5.09. The van der Waals surface area contributed by atoms with Crippen LogP contribution in [0.1, 0.15) is 29.5 Å². The van der Waals surface area contributed by atoms with E-state index >= 15 is 0 Å². The maximum atomic E-state index is 12.9. The van der Waals surface area contributed by atoms with Crippen LogP contribution in [-0.4, -0.2) is 47.8 Å². The Hall–Kier alpha value is -4.07. The Labute approximate surface area is 217 Å². The summed E-state index contributed by atoms with van der Waals surface area (Å²) < 4.78 is 12.6. The Kier molecular flexibility index (Phi) is 6.99. The molecular formula is C29H33N5O3. The van der Waals surface area contributed by atoms with Crippen LogP contribution in [0.5, 0.6) is 11.5 Å². The number of benzene rings is 2. The minimum Gasteiger partial charge on any atom is -0.493 e. The smallest absolute Gasteiger partial charge is 0.223 e. The number of aryl methyl sites for hydroxylation is 2. The van der Waals surface area contributed by atoms with Crippen molar-refractivity contribution in [3.05, 3.63) is 71.5 Å². The number of fused-ring (bicyclic) bond motifs is 1. The Morgan fingerprint density at radius 3 is 2.54 bits per heavy atom. The van der Waals surface area contributed by atoms with Gasteiger partial charge in [0, 0.05) is 43.5 Å². The third-order valence-corrected chi connectivity index (χ3v) is 7.11. The van der Waals surface area contributed by atoms with Crippen molar-refractivity contribution in [2.24, 2.45) is 5.92 Å². The SMILES string of the molecule is COc1ccc(CNC(=O)C2CCN(c3nccn4nc(-c5ccc(C)cc5C)cc34)CC2)cc1OC. The number of methoxy groups -OCH3 is 2. The van der Waals surface area contributed by atoms with Crippen LogP contribution >= 0.6 is 0 Å². The number of anilines is 1. The number of rotatable bonds is 7. The lowest BCUT2D eigenvalue weighted by Crippen LogP contribution is -2.40. The summed E-state index contributed by atoms with van der Waals surface area (Å²) in [7, 11) is 3.22. The summed E-state index contributed by atoms with van der Waals surface area (Å²) in [6, 6.07) is 14.2. The number of carbonyl (C=O) groups excluding carboxylic acids is 1. The van der Waals surface area contributed by atoms with E-state index < -0.39 is 0 Å². The quantitative estimate of drug-likeness (QED) is 0.401. The van der Waals surface area contributed by atoms with Crippen LogP contribution in [-0.2, 0) is 11.3 Å². The molecule has 2 aromatic carbocycles. The average molecular weight is 500 g/mol. The Morgan fingerprint density at radius 2 is 1.81 bits per heavy atom. The molecule has 0 saturated carbocycles. The molecule has 0 atom stereocenters. The van der Waals surface area contributed by atoms with Gasteiger partial charge in [-0.25, -0.2) is 9.50 Å². The van der Waals surface area contributed by atoms with Crippen molar-refractivity contribution in [3.8, 4) is 22.8 Å². The maximum Gasteiger partial charge on any atom is 0.223 e. The molecule has 0 radical (unpaired) electrons. The largest absolute Gasteiger partial charge is 0.493 e. The molecule has 8 nitrogen and oxygen atoms in total. The summed E-state index contributed by atoms with van der Waals surface area (Å²) in [6.07, 6.45) is 5.24. The second kappa shape index (κ2) is 10.5. The van der Waals surface area contributed by atoms with Crippen molar-refractivity contribution in [2.45, 2.75) is 33.2 Å². The predicted octanol–water partition coefficient (Wildman–Crippen LogP) is 4.56. The molecule has 1 aliphatic heterocycles. The number of piperidine rings is 1. The zero-order chi connectivity index (χ0) is 25.9. The average Bonchev–Trinajstić information content (AvgIpc) is 3.35. The van der Waals surface area contributed by atoms with Gasteiger partial charge in [0.2, 0.25) is 5.91 Å². The molecule has 0 aliphatic carbocycles. The highest BCUT2D eigenvalue weighted by atomic mass is 16.5. The first kappa shape index (κ1) is 24.6. The summed E-state index contributed by atoms with van der Waals surface area (Å²) in [6.45, 7) is 6.21. The summed E-state index contributed by atoms with van der Waals surface area (Å²) in [5.74, 6) is 2.31. The molecule has 5 rings (SSSR count). The molecule has 8 heteroatoms. The van der Waals surface area contributed by atoms with Gasteiger partial charge in [0.05, 0.1) is 19.9 Å². The lowest BCUT2D eigenvalue weighted by Gasteiger charge is -2.32. The standard InChI is InChI=1S/C29H33N5O3/c1-19-5-7-23(20(2)15-19)24-17-25-28(30-11-14-34(25)32-24)33-12-9-22(10-13-33)29(35)31-18-21-6-8-26(36-3)27(16-21)37-4/h5-8,11,14-17,22H,9-10,12-13,18H2,1-4H3,(H,31,35). The Morgan fingerprint density at radius 1 is 1.03 bits per heavy atom. The molecule has 0 unspecified atom stereocenters. The molecule has 1 aliphatic rings. The first-order valence-corrected chi connectivity index (χ1v) is 12.6. The summed E-state index contributed by atoms with van der Waals surface area (Å²) in [4.78, 5) is 19.9. The lowest BCUT2D eigenvalue weighted by atomic mass is 9.95. The topological polar surface area (TPSA) is 81.0 Å². The fraction of sp³-hybridized carbons (Fsp3) is 0.345. The second-order valence-corrected chi connectivity index (χ2v) is 9.60. The number of nitrogens with one attached hydrogen (secondary N) is 1. The third-order valence-electron chi connectivity index (χ3n) is 7.11. The van der Waals surface area contributed by atoms with E-state index in [4.69, 9.17) is 19.6 Å². The number of hydrogen-bond donors (Lipinski definition) is 1. The van der Waals surface area contributed by atoms with Gasteiger partial charge in [-0.1, -0.05) is 29.8 Å². The van der Waals surface area contributed by atoms with Gasteiger partial charge in [0.15, 0.2) is 17.3 Å². The van der Waals surface area contributed by atoms with Crippen LogP contribution in [0.25, 0.3) is 16.8 Å². The van der Waals surface area contributed by atoms with Crippen molar-refractivity contribution < 1.29 is 14.3 Å². The van der Waals surface area contributed by atoms with E-state index in [1.54, 1.807) is 20.4 Å². The molecule has 37 heavy (non-hydrogen) atoms. The normalized spacial score (nSPS) is 14.1. The van der Waals surface area contributed by atoms with Gasteiger partial charge in [0.25, 0.3) is 0 Å². The minimum absolute atomic E-state index is 0.0215. The van der Waals surface area contributed by atoms with Crippen LogP contribution in [0.4, 0.5) is 5.82 Å². The zero-order valence-electron chi connectivity index (χ0n) is 21.8. The lowest BCUT2D eigenvalue weighted by molar-refractivity contribution is -0.125. The number of aromatic nitrogens is 3. The number of nitrogens with zero attached hydrogens (tertiary/aromatic N) is 4. The van der Waals surface area contributed by atoms with Crippen molar-refractivity contribution in [1.29, 1.82) is 0 Å². The molecule has 1 amide bonds. The fourth-order valence-corrected chi connectivity index (χ4v) is 5.06. The maximum absolute atomic E-state index is 12.9. The van der Waals surface area contributed by atoms with Gasteiger partial charge in [-0.15, -0.1) is 0 Å². The molecule has 0 spiro atoms. The summed E-state index contributed by atoms with van der Waals surface area (Å²) in [5.41, 5.74) is 6.47. The minimum atomic E-state index is -0.0215. The van der Waals surface area contributed by atoms with Gasteiger partial charge >= 0.3 is 0 Å². The first-order chi connectivity index (χ1) is 18.0. The van der Waals surface area contributed by atoms with Gasteiger partial charge < -0.3 is 19.7 Å². The van der Waals surface area contributed by atoms with Gasteiger partial charge in [-0.05, 0) is 56.0 Å². The van der Waals surface area contributed by atoms with Crippen LogP contribution in [0.15, 0.2) is 54.9 Å². The van der Waals surface area contributed by atoms with Crippen molar-refractivity contribution in [1.82, 2.24) is 19.9 Å². The van der Waals surface area contributed by atoms with Crippen molar-refractivity contribution in [2.75, 3.05) is 32.2 Å². The highest BCUT2D eigenvalue weighted by Gasteiger charge is 2.27. The molecule has 3 heterocycles. The molecule has 1 saturated heterocycles. The highest BCUT2D eigenvalue weighted by Crippen LogP contribution is 2.30. The van der Waals surface area contributed by atoms with Crippen LogP contribution in [0, 0.1) is 19.8 Å². The molecule has 192 valence electrons. The monoisotopic (exact) mass is 499 g/mol. The predicted molar refractivity (Wildman–Crippen MR) is 144 cm³/mol. The van der Waals surface area contributed by atoms with Crippen molar-refractivity contribution in [3.63, 3.8) is 0 Å². The van der Waals surface area contributed by atoms with Gasteiger partial charge in [-0.2, -0.15) is 5.10 Å². The number of carbonyl (C=O) groups is 1. The molecular weight excluding hydrogens is 466 g/mol. The number of ether oxygens (including phenoxy) is 2. The van der Waals surface area contributed by atoms with Crippen LogP contribution in [0.3, 0.4) is 0 Å². The van der Waals surface area contributed by atoms with E-state index in [1.807, 2.05) is 28.9 Å². The molecule has 4 aromatic rings. The van der Waals surface area contributed by atoms with E-state index in [1.165, 1.54) is 11.1 Å². The Bertz CT molecular complexity index is 1420. The van der Waals surface area contributed by atoms with E-state index in [9.17, 15) is 4.79 Å². The van der Waals surface area contributed by atoms with Crippen LogP contribution in [0.2, 0.25) is 0 Å². The number of hydrogen-bond acceptors (Lipinski definition) is 6. The first-order valence-electron chi connectivity index (χ1n) is 12.6. The van der Waals surface area contributed by atoms with Gasteiger partial charge in [-0.3, -0.25) is 4.79 Å².